The van der Waals surface area contributed by atoms with Crippen LogP contribution in [0, 0.1) is 0 Å². The minimum Gasteiger partial charge on any atom is -0.389 e. The summed E-state index contributed by atoms with van der Waals surface area (Å²) in [5.74, 6) is -0.103. The summed E-state index contributed by atoms with van der Waals surface area (Å²) in [5, 5.41) is 9.46. The van der Waals surface area contributed by atoms with E-state index in [1.807, 2.05) is 0 Å². The van der Waals surface area contributed by atoms with E-state index in [0.29, 0.717) is 0 Å². The van der Waals surface area contributed by atoms with Gasteiger partial charge in [0.15, 0.2) is 41.1 Å². The lowest BCUT2D eigenvalue weighted by Gasteiger charge is -2.27. The lowest BCUT2D eigenvalue weighted by Crippen LogP contribution is -2.35. The molecule has 0 aliphatic carbocycles. The highest BCUT2D eigenvalue weighted by molar-refractivity contribution is 8.07. The SMILES string of the molecule is Nc1nc2c(ncn2C2SC3CO[P+](=O)OC4C(COP(O)(=S)OC2C3O)OC(n2cnc3c(N)ncnc32)C4F)c(=O)[nH]1. The van der Waals surface area contributed by atoms with Crippen molar-refractivity contribution in [2.24, 2.45) is 0 Å². The van der Waals surface area contributed by atoms with Crippen LogP contribution in [0.2, 0.25) is 0 Å². The van der Waals surface area contributed by atoms with Crippen molar-refractivity contribution in [3.8, 4) is 0 Å². The quantitative estimate of drug-likeness (QED) is 0.174. The number of alkyl halides is 1. The molecule has 19 nitrogen and oxygen atoms in total. The second-order valence-corrected chi connectivity index (χ2v) is 14.9. The molecule has 3 saturated heterocycles. The Kier molecular flexibility index (Phi) is 7.65. The molecule has 7 heterocycles. The number of aromatic amines is 1. The zero-order valence-corrected chi connectivity index (χ0v) is 25.3. The highest BCUT2D eigenvalue weighted by Gasteiger charge is 2.55. The summed E-state index contributed by atoms with van der Waals surface area (Å²) in [4.78, 5) is 46.0. The summed E-state index contributed by atoms with van der Waals surface area (Å²) in [7, 11) is -2.96. The van der Waals surface area contributed by atoms with Crippen LogP contribution in [0.5, 0.6) is 0 Å². The first-order valence-electron chi connectivity index (χ1n) is 12.7. The summed E-state index contributed by atoms with van der Waals surface area (Å²) < 4.78 is 59.6. The fourth-order valence-electron chi connectivity index (χ4n) is 5.17. The van der Waals surface area contributed by atoms with Gasteiger partial charge in [-0.15, -0.1) is 20.8 Å². The lowest BCUT2D eigenvalue weighted by atomic mass is 10.1. The molecule has 0 amide bonds. The third-order valence-corrected chi connectivity index (χ3v) is 11.0. The smallest absolute Gasteiger partial charge is 0.389 e. The standard InChI is InChI=1S/C20H21FN10O9P2S2/c21-8-12-6(38-18(8)30-4-26-9-14(22)24-3-25-15(9)30)1-37-42(35,43)40-13-11(32)7(2-36-41(34)39-12)44-19(13)31-5-27-10-16(31)28-20(23)29-17(10)33/h3-8,11-13,18-19,32H,1-2H2,(H5-,22,23,24,25,28,29,33,35,43)/p+1. The second-order valence-electron chi connectivity index (χ2n) is 9.85. The number of aliphatic hydroxyl groups is 1. The Balaban J connectivity index is 1.18. The van der Waals surface area contributed by atoms with Crippen LogP contribution >= 0.6 is 26.7 Å². The van der Waals surface area contributed by atoms with E-state index in [1.54, 1.807) is 0 Å². The van der Waals surface area contributed by atoms with Crippen molar-refractivity contribution in [2.45, 2.75) is 47.4 Å². The van der Waals surface area contributed by atoms with Crippen LogP contribution in [-0.2, 0) is 39.2 Å². The van der Waals surface area contributed by atoms with Gasteiger partial charge in [0.1, 0.15) is 36.0 Å². The van der Waals surface area contributed by atoms with Crippen LogP contribution in [0.25, 0.3) is 22.3 Å². The number of nitrogen functional groups attached to an aromatic ring is 2. The number of rotatable bonds is 2. The number of ether oxygens (including phenoxy) is 1. The van der Waals surface area contributed by atoms with E-state index in [1.165, 1.54) is 28.1 Å². The number of halogens is 1. The van der Waals surface area contributed by atoms with Gasteiger partial charge in [0.05, 0.1) is 30.6 Å². The van der Waals surface area contributed by atoms with E-state index in [2.05, 4.69) is 29.9 Å². The Bertz CT molecular complexity index is 1880. The molecule has 234 valence electrons. The van der Waals surface area contributed by atoms with Crippen molar-refractivity contribution in [3.05, 3.63) is 29.3 Å². The maximum atomic E-state index is 15.9. The highest BCUT2D eigenvalue weighted by atomic mass is 32.5. The first-order valence-corrected chi connectivity index (χ1v) is 17.3. The second kappa shape index (κ2) is 11.2. The molecule has 3 aliphatic rings. The highest BCUT2D eigenvalue weighted by Crippen LogP contribution is 2.55. The van der Waals surface area contributed by atoms with Gasteiger partial charge in [0.2, 0.25) is 5.95 Å². The van der Waals surface area contributed by atoms with E-state index >= 15 is 4.39 Å². The molecule has 0 radical (unpaired) electrons. The maximum absolute atomic E-state index is 15.9. The topological polar surface area (TPSA) is 263 Å². The van der Waals surface area contributed by atoms with E-state index < -0.39 is 74.6 Å². The fourth-order valence-corrected chi connectivity index (χ4v) is 9.05. The number of hydrogen-bond acceptors (Lipinski definition) is 17. The predicted octanol–water partition coefficient (Wildman–Crippen LogP) is 0.0257. The normalized spacial score (nSPS) is 35.8. The van der Waals surface area contributed by atoms with E-state index in [-0.39, 0.29) is 40.7 Å². The average Bonchev–Trinajstić information content (AvgIpc) is 3.72. The van der Waals surface area contributed by atoms with Gasteiger partial charge in [-0.3, -0.25) is 23.4 Å². The van der Waals surface area contributed by atoms with Crippen molar-refractivity contribution in [3.63, 3.8) is 0 Å². The first-order chi connectivity index (χ1) is 21.0. The van der Waals surface area contributed by atoms with Crippen LogP contribution in [0.1, 0.15) is 11.6 Å². The first kappa shape index (κ1) is 29.9. The molecule has 0 aromatic carbocycles. The van der Waals surface area contributed by atoms with E-state index in [0.717, 1.165) is 11.8 Å². The number of fused-ring (bicyclic) bond motifs is 5. The van der Waals surface area contributed by atoms with Crippen LogP contribution in [-0.4, -0.2) is 98.1 Å². The number of aliphatic hydroxyl groups excluding tert-OH is 1. The molecule has 4 aromatic rings. The number of nitrogens with two attached hydrogens (primary N) is 2. The number of thioether (sulfide) groups is 1. The van der Waals surface area contributed by atoms with E-state index in [9.17, 15) is 19.4 Å². The molecule has 24 heteroatoms. The van der Waals surface area contributed by atoms with E-state index in [4.69, 9.17) is 46.1 Å². The average molecular weight is 692 g/mol. The molecule has 0 spiro atoms. The summed E-state index contributed by atoms with van der Waals surface area (Å²) in [5.41, 5.74) is 11.4. The molecule has 7 rings (SSSR count). The monoisotopic (exact) mass is 691 g/mol. The number of nitrogens with one attached hydrogen (secondary N) is 1. The number of aromatic nitrogens is 8. The molecular weight excluding hydrogens is 669 g/mol. The zero-order valence-electron chi connectivity index (χ0n) is 21.9. The zero-order chi connectivity index (χ0) is 30.9. The van der Waals surface area contributed by atoms with Gasteiger partial charge >= 0.3 is 15.0 Å². The molecule has 44 heavy (non-hydrogen) atoms. The van der Waals surface area contributed by atoms with Gasteiger partial charge in [-0.2, -0.15) is 4.98 Å². The Labute approximate surface area is 254 Å². The lowest BCUT2D eigenvalue weighted by molar-refractivity contribution is -0.0445. The van der Waals surface area contributed by atoms with Gasteiger partial charge in [-0.05, 0) is 11.8 Å². The summed E-state index contributed by atoms with van der Waals surface area (Å²) in [6.45, 7) is -5.09. The van der Waals surface area contributed by atoms with Crippen molar-refractivity contribution in [1.82, 2.24) is 39.0 Å². The Hall–Kier alpha value is -2.75. The maximum Gasteiger partial charge on any atom is 0.697 e. The van der Waals surface area contributed by atoms with Crippen molar-refractivity contribution in [2.75, 3.05) is 24.7 Å². The molecule has 4 aromatic heterocycles. The third kappa shape index (κ3) is 5.18. The molecule has 7 N–H and O–H groups in total. The number of H-pyrrole nitrogens is 1. The molecule has 0 saturated carbocycles. The van der Waals surface area contributed by atoms with Crippen LogP contribution in [0.15, 0.2) is 23.8 Å². The summed E-state index contributed by atoms with van der Waals surface area (Å²) >= 11 is 6.33. The van der Waals surface area contributed by atoms with Gasteiger partial charge < -0.3 is 30.7 Å². The minimum atomic E-state index is -4.18. The van der Waals surface area contributed by atoms with Gasteiger partial charge in [-0.25, -0.2) is 24.3 Å². The largest absolute Gasteiger partial charge is 0.697 e. The van der Waals surface area contributed by atoms with Crippen LogP contribution < -0.4 is 17.0 Å². The third-order valence-electron chi connectivity index (χ3n) is 7.17. The number of imidazole rings is 2. The molecule has 10 unspecified atom stereocenters. The molecule has 10 atom stereocenters. The molecule has 3 fully saturated rings. The predicted molar refractivity (Wildman–Crippen MR) is 153 cm³/mol. The van der Waals surface area contributed by atoms with Gasteiger partial charge in [0.25, 0.3) is 5.56 Å². The number of anilines is 2. The summed E-state index contributed by atoms with van der Waals surface area (Å²) in [6, 6.07) is 0. The van der Waals surface area contributed by atoms with Crippen LogP contribution in [0.4, 0.5) is 16.2 Å². The number of nitrogens with zero attached hydrogens (tertiary/aromatic N) is 7. The Morgan fingerprint density at radius 2 is 1.91 bits per heavy atom. The van der Waals surface area contributed by atoms with Crippen molar-refractivity contribution in [1.29, 1.82) is 0 Å². The Morgan fingerprint density at radius 3 is 2.73 bits per heavy atom. The van der Waals surface area contributed by atoms with Crippen molar-refractivity contribution >= 4 is 72.6 Å². The summed E-state index contributed by atoms with van der Waals surface area (Å²) in [6.07, 6.45) is -4.98. The van der Waals surface area contributed by atoms with Gasteiger partial charge in [0, 0.05) is 4.57 Å². The fraction of sp³-hybridized carbons (Fsp3) is 0.500. The van der Waals surface area contributed by atoms with Crippen LogP contribution in [0.3, 0.4) is 0 Å². The molecule has 2 bridgehead atoms. The molecule has 3 aliphatic heterocycles. The minimum absolute atomic E-state index is 0.0297. The molecular formula is C20H22FN10O9P2S2+. The van der Waals surface area contributed by atoms with Gasteiger partial charge in [-0.1, -0.05) is 0 Å². The van der Waals surface area contributed by atoms with Crippen molar-refractivity contribution < 1.29 is 41.8 Å². The number of hydrogen-bond donors (Lipinski definition) is 5. The Morgan fingerprint density at radius 1 is 1.14 bits per heavy atom.